The Morgan fingerprint density at radius 1 is 1.33 bits per heavy atom. The summed E-state index contributed by atoms with van der Waals surface area (Å²) in [6.45, 7) is 6.16. The van der Waals surface area contributed by atoms with Crippen molar-refractivity contribution in [3.63, 3.8) is 0 Å². The molecule has 128 valence electrons. The van der Waals surface area contributed by atoms with Crippen molar-refractivity contribution in [3.05, 3.63) is 40.7 Å². The predicted octanol–water partition coefficient (Wildman–Crippen LogP) is 3.06. The van der Waals surface area contributed by atoms with Crippen molar-refractivity contribution in [2.45, 2.75) is 45.6 Å². The molecule has 6 nitrogen and oxygen atoms in total. The molecule has 24 heavy (non-hydrogen) atoms. The maximum Gasteiger partial charge on any atom is 0.275 e. The van der Waals surface area contributed by atoms with Crippen LogP contribution in [-0.2, 0) is 6.54 Å². The lowest BCUT2D eigenvalue weighted by molar-refractivity contribution is 0.0705. The Balaban J connectivity index is 1.65. The molecular weight excluding hydrogens is 326 g/mol. The summed E-state index contributed by atoms with van der Waals surface area (Å²) in [5.41, 5.74) is 2.31. The van der Waals surface area contributed by atoms with Crippen molar-refractivity contribution in [1.29, 1.82) is 0 Å². The first-order chi connectivity index (χ1) is 11.6. The molecule has 7 heteroatoms. The Bertz CT molecular complexity index is 722. The van der Waals surface area contributed by atoms with Crippen molar-refractivity contribution in [2.75, 3.05) is 13.1 Å². The molecule has 1 aliphatic rings. The summed E-state index contributed by atoms with van der Waals surface area (Å²) in [5, 5.41) is 4.77. The number of aromatic nitrogens is 4. The molecule has 0 unspecified atom stereocenters. The van der Waals surface area contributed by atoms with Crippen LogP contribution in [0, 0.1) is 6.92 Å². The van der Waals surface area contributed by atoms with Gasteiger partial charge in [0, 0.05) is 44.1 Å². The highest BCUT2D eigenvalue weighted by atomic mass is 35.5. The lowest BCUT2D eigenvalue weighted by atomic mass is 9.93. The van der Waals surface area contributed by atoms with E-state index < -0.39 is 0 Å². The second-order valence-corrected chi connectivity index (χ2v) is 6.65. The van der Waals surface area contributed by atoms with Crippen LogP contribution in [0.25, 0.3) is 0 Å². The third-order valence-electron chi connectivity index (χ3n) is 4.35. The Labute approximate surface area is 146 Å². The topological polar surface area (TPSA) is 63.9 Å². The van der Waals surface area contributed by atoms with Gasteiger partial charge < -0.3 is 4.90 Å². The van der Waals surface area contributed by atoms with Gasteiger partial charge in [0.2, 0.25) is 0 Å². The highest BCUT2D eigenvalue weighted by molar-refractivity contribution is 6.33. The zero-order chi connectivity index (χ0) is 17.1. The molecule has 0 saturated carbocycles. The van der Waals surface area contributed by atoms with Crippen LogP contribution >= 0.6 is 11.6 Å². The molecule has 1 amide bonds. The van der Waals surface area contributed by atoms with Crippen LogP contribution in [0.1, 0.15) is 54.0 Å². The zero-order valence-electron chi connectivity index (χ0n) is 14.1. The van der Waals surface area contributed by atoms with E-state index in [-0.39, 0.29) is 5.91 Å². The molecule has 0 aromatic carbocycles. The van der Waals surface area contributed by atoms with Crippen LogP contribution in [0.15, 0.2) is 18.6 Å². The molecule has 0 atom stereocenters. The molecule has 2 aromatic rings. The van der Waals surface area contributed by atoms with Gasteiger partial charge in [0.15, 0.2) is 5.69 Å². The van der Waals surface area contributed by atoms with Crippen molar-refractivity contribution in [1.82, 2.24) is 24.6 Å². The second-order valence-electron chi connectivity index (χ2n) is 6.24. The molecule has 0 spiro atoms. The Hall–Kier alpha value is -1.95. The minimum Gasteiger partial charge on any atom is -0.337 e. The molecule has 3 rings (SSSR count). The predicted molar refractivity (Wildman–Crippen MR) is 92.2 cm³/mol. The summed E-state index contributed by atoms with van der Waals surface area (Å²) < 4.78 is 1.74. The summed E-state index contributed by atoms with van der Waals surface area (Å²) in [6.07, 6.45) is 8.05. The van der Waals surface area contributed by atoms with E-state index in [2.05, 4.69) is 22.0 Å². The zero-order valence-corrected chi connectivity index (χ0v) is 14.8. The van der Waals surface area contributed by atoms with Gasteiger partial charge in [0.05, 0.1) is 16.4 Å². The van der Waals surface area contributed by atoms with Gasteiger partial charge in [-0.2, -0.15) is 5.10 Å². The Kier molecular flexibility index (Phi) is 5.14. The minimum atomic E-state index is -0.0800. The van der Waals surface area contributed by atoms with E-state index >= 15 is 0 Å². The van der Waals surface area contributed by atoms with Crippen molar-refractivity contribution < 1.29 is 4.79 Å². The summed E-state index contributed by atoms with van der Waals surface area (Å²) in [6, 6.07) is 0. The number of carbonyl (C=O) groups excluding carboxylic acids is 1. The number of piperidine rings is 1. The van der Waals surface area contributed by atoms with Gasteiger partial charge in [-0.25, -0.2) is 0 Å². The molecule has 1 fully saturated rings. The van der Waals surface area contributed by atoms with Gasteiger partial charge in [-0.15, -0.1) is 0 Å². The maximum absolute atomic E-state index is 12.7. The fourth-order valence-electron chi connectivity index (χ4n) is 3.09. The van der Waals surface area contributed by atoms with Gasteiger partial charge in [0.1, 0.15) is 0 Å². The Morgan fingerprint density at radius 3 is 2.75 bits per heavy atom. The van der Waals surface area contributed by atoms with Crippen LogP contribution in [-0.4, -0.2) is 43.6 Å². The molecule has 3 heterocycles. The van der Waals surface area contributed by atoms with Gasteiger partial charge in [-0.1, -0.05) is 18.5 Å². The lowest BCUT2D eigenvalue weighted by Crippen LogP contribution is -2.38. The van der Waals surface area contributed by atoms with E-state index in [9.17, 15) is 4.79 Å². The third-order valence-corrected chi connectivity index (χ3v) is 4.62. The van der Waals surface area contributed by atoms with Gasteiger partial charge in [-0.05, 0) is 26.2 Å². The normalized spacial score (nSPS) is 15.7. The fourth-order valence-corrected chi connectivity index (χ4v) is 3.32. The lowest BCUT2D eigenvalue weighted by Gasteiger charge is -2.31. The standard InChI is InChI=1S/C17H22ClN5O/c1-3-6-23-11-14(18)16(21-23)17(24)22-7-4-13(5-8-22)15-10-19-9-12(2)20-15/h9-11,13H,3-8H2,1-2H3. The van der Waals surface area contributed by atoms with Crippen molar-refractivity contribution in [2.24, 2.45) is 0 Å². The van der Waals surface area contributed by atoms with E-state index in [1.54, 1.807) is 17.1 Å². The number of nitrogens with zero attached hydrogens (tertiary/aromatic N) is 5. The first kappa shape index (κ1) is 16.9. The summed E-state index contributed by atoms with van der Waals surface area (Å²) in [7, 11) is 0. The number of carbonyl (C=O) groups is 1. The average Bonchev–Trinajstić information content (AvgIpc) is 2.95. The van der Waals surface area contributed by atoms with Gasteiger partial charge in [0.25, 0.3) is 5.91 Å². The maximum atomic E-state index is 12.7. The van der Waals surface area contributed by atoms with Crippen LogP contribution in [0.4, 0.5) is 0 Å². The Morgan fingerprint density at radius 2 is 2.08 bits per heavy atom. The molecule has 0 N–H and O–H groups in total. The van der Waals surface area contributed by atoms with Crippen molar-refractivity contribution in [3.8, 4) is 0 Å². The molecule has 0 radical (unpaired) electrons. The van der Waals surface area contributed by atoms with Crippen LogP contribution in [0.2, 0.25) is 5.02 Å². The summed E-state index contributed by atoms with van der Waals surface area (Å²) in [4.78, 5) is 23.3. The SMILES string of the molecule is CCCn1cc(Cl)c(C(=O)N2CCC(c3cncc(C)n3)CC2)n1. The van der Waals surface area contributed by atoms with Crippen LogP contribution in [0.5, 0.6) is 0 Å². The highest BCUT2D eigenvalue weighted by Gasteiger charge is 2.28. The molecular formula is C17H22ClN5O. The second kappa shape index (κ2) is 7.30. The quantitative estimate of drug-likeness (QED) is 0.852. The number of hydrogen-bond donors (Lipinski definition) is 0. The first-order valence-corrected chi connectivity index (χ1v) is 8.77. The summed E-state index contributed by atoms with van der Waals surface area (Å²) >= 11 is 6.19. The van der Waals surface area contributed by atoms with Crippen LogP contribution < -0.4 is 0 Å². The van der Waals surface area contributed by atoms with E-state index in [0.717, 1.165) is 37.2 Å². The number of aryl methyl sites for hydroxylation is 2. The number of hydrogen-bond acceptors (Lipinski definition) is 4. The van der Waals surface area contributed by atoms with E-state index in [1.807, 2.05) is 18.0 Å². The molecule has 0 bridgehead atoms. The largest absolute Gasteiger partial charge is 0.337 e. The number of halogens is 1. The number of amides is 1. The van der Waals surface area contributed by atoms with E-state index in [4.69, 9.17) is 11.6 Å². The first-order valence-electron chi connectivity index (χ1n) is 8.39. The van der Waals surface area contributed by atoms with Gasteiger partial charge >= 0.3 is 0 Å². The smallest absolute Gasteiger partial charge is 0.275 e. The van der Waals surface area contributed by atoms with Crippen molar-refractivity contribution >= 4 is 17.5 Å². The summed E-state index contributed by atoms with van der Waals surface area (Å²) in [5.74, 6) is 0.276. The molecule has 1 saturated heterocycles. The van der Waals surface area contributed by atoms with E-state index in [1.165, 1.54) is 0 Å². The minimum absolute atomic E-state index is 0.0800. The van der Waals surface area contributed by atoms with E-state index in [0.29, 0.717) is 29.7 Å². The molecule has 1 aliphatic heterocycles. The van der Waals surface area contributed by atoms with Gasteiger partial charge in [-0.3, -0.25) is 19.4 Å². The number of likely N-dealkylation sites (tertiary alicyclic amines) is 1. The fraction of sp³-hybridized carbons (Fsp3) is 0.529. The highest BCUT2D eigenvalue weighted by Crippen LogP contribution is 2.28. The van der Waals surface area contributed by atoms with Crippen LogP contribution in [0.3, 0.4) is 0 Å². The monoisotopic (exact) mass is 347 g/mol. The molecule has 2 aromatic heterocycles. The number of rotatable bonds is 4. The molecule has 0 aliphatic carbocycles. The third kappa shape index (κ3) is 3.59. The average molecular weight is 348 g/mol.